The summed E-state index contributed by atoms with van der Waals surface area (Å²) < 4.78 is 10.7. The van der Waals surface area contributed by atoms with Crippen molar-refractivity contribution in [2.45, 2.75) is 0 Å². The number of oxazole rings is 1. The number of hydrogen-bond donors (Lipinski definition) is 0. The number of ether oxygens (including phenoxy) is 1. The lowest BCUT2D eigenvalue weighted by atomic mass is 10.2. The van der Waals surface area contributed by atoms with E-state index >= 15 is 0 Å². The molecule has 3 rings (SSSR count). The highest BCUT2D eigenvalue weighted by Gasteiger charge is 2.09. The number of hydrogen-bond acceptors (Lipinski definition) is 4. The molecule has 0 unspecified atom stereocenters. The van der Waals surface area contributed by atoms with Crippen molar-refractivity contribution < 1.29 is 9.15 Å². The summed E-state index contributed by atoms with van der Waals surface area (Å²) in [6, 6.07) is 10.9. The Balaban J connectivity index is 2.07. The molecule has 0 radical (unpaired) electrons. The Morgan fingerprint density at radius 3 is 2.56 bits per heavy atom. The minimum atomic E-state index is 0.389. The summed E-state index contributed by atoms with van der Waals surface area (Å²) in [5, 5.41) is 0.389. The van der Waals surface area contributed by atoms with Crippen LogP contribution in [0.1, 0.15) is 0 Å². The number of rotatable bonds is 2. The maximum atomic E-state index is 5.80. The van der Waals surface area contributed by atoms with Crippen molar-refractivity contribution in [2.24, 2.45) is 0 Å². The van der Waals surface area contributed by atoms with Crippen LogP contribution in [0.2, 0.25) is 5.15 Å². The Morgan fingerprint density at radius 2 is 1.83 bits per heavy atom. The molecular weight excluding hydrogens is 252 g/mol. The largest absolute Gasteiger partial charge is 0.497 e. The number of methoxy groups -OCH3 is 1. The number of pyridine rings is 1. The van der Waals surface area contributed by atoms with E-state index in [0.717, 1.165) is 11.3 Å². The molecule has 2 heterocycles. The Labute approximate surface area is 108 Å². The van der Waals surface area contributed by atoms with Crippen LogP contribution in [0, 0.1) is 0 Å². The first-order valence-corrected chi connectivity index (χ1v) is 5.71. The Morgan fingerprint density at radius 1 is 1.06 bits per heavy atom. The van der Waals surface area contributed by atoms with E-state index in [1.165, 1.54) is 0 Å². The minimum absolute atomic E-state index is 0.389. The zero-order chi connectivity index (χ0) is 12.5. The molecule has 0 N–H and O–H groups in total. The van der Waals surface area contributed by atoms with Gasteiger partial charge in [0.15, 0.2) is 0 Å². The van der Waals surface area contributed by atoms with E-state index in [9.17, 15) is 0 Å². The molecule has 0 amide bonds. The number of nitrogens with zero attached hydrogens (tertiary/aromatic N) is 2. The van der Waals surface area contributed by atoms with Crippen LogP contribution in [0.5, 0.6) is 5.75 Å². The Kier molecular flexibility index (Phi) is 2.64. The van der Waals surface area contributed by atoms with Gasteiger partial charge in [0.25, 0.3) is 0 Å². The normalized spacial score (nSPS) is 10.8. The van der Waals surface area contributed by atoms with Crippen LogP contribution in [0.25, 0.3) is 22.7 Å². The molecule has 0 bridgehead atoms. The van der Waals surface area contributed by atoms with Gasteiger partial charge in [0, 0.05) is 5.56 Å². The molecule has 5 heteroatoms. The molecule has 18 heavy (non-hydrogen) atoms. The zero-order valence-corrected chi connectivity index (χ0v) is 10.3. The van der Waals surface area contributed by atoms with Crippen molar-refractivity contribution in [2.75, 3.05) is 7.11 Å². The van der Waals surface area contributed by atoms with Crippen LogP contribution in [-0.2, 0) is 0 Å². The van der Waals surface area contributed by atoms with Crippen LogP contribution in [0.3, 0.4) is 0 Å². The summed E-state index contributed by atoms with van der Waals surface area (Å²) in [4.78, 5) is 8.42. The van der Waals surface area contributed by atoms with Gasteiger partial charge in [-0.05, 0) is 36.4 Å². The topological polar surface area (TPSA) is 48.2 Å². The SMILES string of the molecule is COc1ccc(-c2nc3ccc(Cl)nc3o2)cc1. The molecule has 0 aliphatic rings. The van der Waals surface area contributed by atoms with Crippen LogP contribution >= 0.6 is 11.6 Å². The Bertz CT molecular complexity index is 692. The van der Waals surface area contributed by atoms with E-state index in [1.54, 1.807) is 19.2 Å². The fraction of sp³-hybridized carbons (Fsp3) is 0.0769. The summed E-state index contributed by atoms with van der Waals surface area (Å²) in [7, 11) is 1.63. The second-order valence-corrected chi connectivity index (χ2v) is 4.09. The van der Waals surface area contributed by atoms with Crippen molar-refractivity contribution in [3.05, 3.63) is 41.6 Å². The average Bonchev–Trinajstić information content (AvgIpc) is 2.81. The minimum Gasteiger partial charge on any atom is -0.497 e. The second-order valence-electron chi connectivity index (χ2n) is 3.71. The number of aromatic nitrogens is 2. The highest BCUT2D eigenvalue weighted by Crippen LogP contribution is 2.25. The average molecular weight is 261 g/mol. The summed E-state index contributed by atoms with van der Waals surface area (Å²) in [6.07, 6.45) is 0. The standard InChI is InChI=1S/C13H9ClN2O2/c1-17-9-4-2-8(3-5-9)12-15-10-6-7-11(14)16-13(10)18-12/h2-7H,1H3. The summed E-state index contributed by atoms with van der Waals surface area (Å²) in [5.74, 6) is 1.30. The molecule has 0 saturated carbocycles. The van der Waals surface area contributed by atoms with Crippen molar-refractivity contribution in [3.8, 4) is 17.2 Å². The second kappa shape index (κ2) is 4.31. The summed E-state index contributed by atoms with van der Waals surface area (Å²) in [5.41, 5.74) is 1.99. The third-order valence-corrected chi connectivity index (χ3v) is 2.77. The third kappa shape index (κ3) is 1.91. The first-order chi connectivity index (χ1) is 8.76. The lowest BCUT2D eigenvalue weighted by Gasteiger charge is -1.99. The van der Waals surface area contributed by atoms with E-state index in [2.05, 4.69) is 9.97 Å². The molecule has 1 aromatic carbocycles. The molecule has 0 spiro atoms. The first-order valence-electron chi connectivity index (χ1n) is 5.34. The molecule has 0 fully saturated rings. The van der Waals surface area contributed by atoms with Crippen molar-refractivity contribution >= 4 is 22.8 Å². The molecule has 3 aromatic rings. The summed E-state index contributed by atoms with van der Waals surface area (Å²) in [6.45, 7) is 0. The number of halogens is 1. The van der Waals surface area contributed by atoms with E-state index in [4.69, 9.17) is 20.8 Å². The van der Waals surface area contributed by atoms with E-state index in [-0.39, 0.29) is 0 Å². The highest BCUT2D eigenvalue weighted by atomic mass is 35.5. The molecule has 2 aromatic heterocycles. The van der Waals surface area contributed by atoms with E-state index in [1.807, 2.05) is 24.3 Å². The predicted octanol–water partition coefficient (Wildman–Crippen LogP) is 3.55. The smallest absolute Gasteiger partial charge is 0.248 e. The van der Waals surface area contributed by atoms with Crippen molar-refractivity contribution in [3.63, 3.8) is 0 Å². The monoisotopic (exact) mass is 260 g/mol. The number of benzene rings is 1. The Hall–Kier alpha value is -2.07. The van der Waals surface area contributed by atoms with E-state index < -0.39 is 0 Å². The van der Waals surface area contributed by atoms with Crippen LogP contribution in [0.4, 0.5) is 0 Å². The third-order valence-electron chi connectivity index (χ3n) is 2.56. The maximum absolute atomic E-state index is 5.80. The molecule has 4 nitrogen and oxygen atoms in total. The zero-order valence-electron chi connectivity index (χ0n) is 9.55. The highest BCUT2D eigenvalue weighted by molar-refractivity contribution is 6.29. The lowest BCUT2D eigenvalue weighted by Crippen LogP contribution is -1.82. The van der Waals surface area contributed by atoms with Gasteiger partial charge in [0.2, 0.25) is 11.6 Å². The fourth-order valence-electron chi connectivity index (χ4n) is 1.65. The van der Waals surface area contributed by atoms with Gasteiger partial charge in [0.1, 0.15) is 16.4 Å². The molecule has 90 valence electrons. The van der Waals surface area contributed by atoms with Gasteiger partial charge in [0.05, 0.1) is 7.11 Å². The lowest BCUT2D eigenvalue weighted by molar-refractivity contribution is 0.415. The van der Waals surface area contributed by atoms with Gasteiger partial charge in [-0.25, -0.2) is 4.98 Å². The van der Waals surface area contributed by atoms with Gasteiger partial charge in [-0.2, -0.15) is 4.98 Å². The van der Waals surface area contributed by atoms with Gasteiger partial charge >= 0.3 is 0 Å². The quantitative estimate of drug-likeness (QED) is 0.661. The van der Waals surface area contributed by atoms with Crippen LogP contribution in [-0.4, -0.2) is 17.1 Å². The maximum Gasteiger partial charge on any atom is 0.248 e. The molecule has 0 atom stereocenters. The summed E-state index contributed by atoms with van der Waals surface area (Å²) >= 11 is 5.80. The predicted molar refractivity (Wildman–Crippen MR) is 68.8 cm³/mol. The fourth-order valence-corrected chi connectivity index (χ4v) is 1.79. The molecule has 0 aliphatic carbocycles. The van der Waals surface area contributed by atoms with Crippen molar-refractivity contribution in [1.82, 2.24) is 9.97 Å². The molecular formula is C13H9ClN2O2. The molecule has 0 aliphatic heterocycles. The van der Waals surface area contributed by atoms with Crippen LogP contribution in [0.15, 0.2) is 40.8 Å². The van der Waals surface area contributed by atoms with Crippen molar-refractivity contribution in [1.29, 1.82) is 0 Å². The van der Waals surface area contributed by atoms with Gasteiger partial charge in [-0.1, -0.05) is 11.6 Å². The van der Waals surface area contributed by atoms with Gasteiger partial charge in [-0.15, -0.1) is 0 Å². The van der Waals surface area contributed by atoms with Gasteiger partial charge in [-0.3, -0.25) is 0 Å². The van der Waals surface area contributed by atoms with Gasteiger partial charge < -0.3 is 9.15 Å². The first kappa shape index (κ1) is 11.0. The van der Waals surface area contributed by atoms with E-state index in [0.29, 0.717) is 22.3 Å². The number of fused-ring (bicyclic) bond motifs is 1. The van der Waals surface area contributed by atoms with Crippen LogP contribution < -0.4 is 4.74 Å². The molecule has 0 saturated heterocycles.